The van der Waals surface area contributed by atoms with E-state index in [1.807, 2.05) is 12.1 Å². The summed E-state index contributed by atoms with van der Waals surface area (Å²) in [7, 11) is 3.00. The molecule has 6 nitrogen and oxygen atoms in total. The van der Waals surface area contributed by atoms with Gasteiger partial charge in [0.1, 0.15) is 12.3 Å². The van der Waals surface area contributed by atoms with Crippen molar-refractivity contribution in [2.75, 3.05) is 27.2 Å². The van der Waals surface area contributed by atoms with Crippen molar-refractivity contribution < 1.29 is 19.1 Å². The Bertz CT molecular complexity index is 732. The van der Waals surface area contributed by atoms with Crippen LogP contribution in [0.5, 0.6) is 5.75 Å². The minimum atomic E-state index is -0.637. The second kappa shape index (κ2) is 8.63. The number of ether oxygens (including phenoxy) is 1. The maximum absolute atomic E-state index is 12.2. The standard InChI is InChI=1S/C19H20N2O4/c1-20(13-17(22)15-9-5-3-6-10-15)18(23)14-21(2)19(24)25-16-11-7-4-8-12-16/h3-12H,13-14H2,1-2H3. The molecule has 130 valence electrons. The molecule has 0 fully saturated rings. The minimum absolute atomic E-state index is 0.0512. The zero-order valence-corrected chi connectivity index (χ0v) is 14.2. The monoisotopic (exact) mass is 340 g/mol. The topological polar surface area (TPSA) is 66.9 Å². The lowest BCUT2D eigenvalue weighted by Crippen LogP contribution is -2.42. The van der Waals surface area contributed by atoms with Crippen LogP contribution in [0.15, 0.2) is 60.7 Å². The summed E-state index contributed by atoms with van der Waals surface area (Å²) in [6, 6.07) is 17.4. The van der Waals surface area contributed by atoms with E-state index in [9.17, 15) is 14.4 Å². The van der Waals surface area contributed by atoms with Gasteiger partial charge in [0.2, 0.25) is 5.91 Å². The first-order valence-electron chi connectivity index (χ1n) is 7.77. The van der Waals surface area contributed by atoms with Gasteiger partial charge < -0.3 is 14.5 Å². The van der Waals surface area contributed by atoms with Crippen LogP contribution in [0.3, 0.4) is 0 Å². The predicted octanol–water partition coefficient (Wildman–Crippen LogP) is 2.46. The lowest BCUT2D eigenvalue weighted by atomic mass is 10.1. The molecule has 2 rings (SSSR count). The number of amides is 2. The molecule has 0 radical (unpaired) electrons. The van der Waals surface area contributed by atoms with Crippen molar-refractivity contribution in [2.45, 2.75) is 0 Å². The molecule has 0 saturated carbocycles. The average molecular weight is 340 g/mol. The van der Waals surface area contributed by atoms with Gasteiger partial charge in [0.05, 0.1) is 6.54 Å². The van der Waals surface area contributed by atoms with E-state index >= 15 is 0 Å². The Morgan fingerprint density at radius 2 is 1.36 bits per heavy atom. The van der Waals surface area contributed by atoms with Crippen LogP contribution in [0.1, 0.15) is 10.4 Å². The summed E-state index contributed by atoms with van der Waals surface area (Å²) in [6.45, 7) is -0.228. The number of ketones is 1. The predicted molar refractivity (Wildman–Crippen MR) is 93.5 cm³/mol. The van der Waals surface area contributed by atoms with E-state index in [0.717, 1.165) is 0 Å². The van der Waals surface area contributed by atoms with Crippen molar-refractivity contribution in [1.29, 1.82) is 0 Å². The number of carbonyl (C=O) groups excluding carboxylic acids is 3. The zero-order chi connectivity index (χ0) is 18.2. The molecule has 0 unspecified atom stereocenters. The molecule has 0 saturated heterocycles. The van der Waals surface area contributed by atoms with Gasteiger partial charge in [-0.2, -0.15) is 0 Å². The minimum Gasteiger partial charge on any atom is -0.410 e. The van der Waals surface area contributed by atoms with Gasteiger partial charge in [0, 0.05) is 19.7 Å². The molecule has 0 atom stereocenters. The van der Waals surface area contributed by atoms with Gasteiger partial charge >= 0.3 is 6.09 Å². The van der Waals surface area contributed by atoms with Crippen molar-refractivity contribution in [3.05, 3.63) is 66.2 Å². The summed E-state index contributed by atoms with van der Waals surface area (Å²) >= 11 is 0. The van der Waals surface area contributed by atoms with E-state index in [0.29, 0.717) is 11.3 Å². The molecule has 2 aromatic rings. The number of carbonyl (C=O) groups is 3. The van der Waals surface area contributed by atoms with E-state index in [2.05, 4.69) is 0 Å². The van der Waals surface area contributed by atoms with Crippen LogP contribution in [-0.4, -0.2) is 54.8 Å². The summed E-state index contributed by atoms with van der Waals surface area (Å²) in [5.41, 5.74) is 0.541. The SMILES string of the molecule is CN(CC(=O)c1ccccc1)C(=O)CN(C)C(=O)Oc1ccccc1. The van der Waals surface area contributed by atoms with Crippen LogP contribution in [-0.2, 0) is 4.79 Å². The average Bonchev–Trinajstić information content (AvgIpc) is 2.63. The fraction of sp³-hybridized carbons (Fsp3) is 0.211. The Morgan fingerprint density at radius 1 is 0.800 bits per heavy atom. The Hall–Kier alpha value is -3.15. The third-order valence-electron chi connectivity index (χ3n) is 3.53. The van der Waals surface area contributed by atoms with Gasteiger partial charge in [0.25, 0.3) is 0 Å². The van der Waals surface area contributed by atoms with Crippen LogP contribution >= 0.6 is 0 Å². The number of likely N-dealkylation sites (N-methyl/N-ethyl adjacent to an activating group) is 2. The maximum atomic E-state index is 12.2. The Labute approximate surface area is 146 Å². The quantitative estimate of drug-likeness (QED) is 0.758. The molecule has 0 aliphatic heterocycles. The van der Waals surface area contributed by atoms with Crippen molar-refractivity contribution in [3.8, 4) is 5.75 Å². The fourth-order valence-corrected chi connectivity index (χ4v) is 2.07. The van der Waals surface area contributed by atoms with Gasteiger partial charge in [-0.1, -0.05) is 48.5 Å². The highest BCUT2D eigenvalue weighted by molar-refractivity contribution is 5.99. The van der Waals surface area contributed by atoms with Gasteiger partial charge in [-0.05, 0) is 12.1 Å². The molecule has 6 heteroatoms. The molecule has 2 aromatic carbocycles. The third kappa shape index (κ3) is 5.46. The van der Waals surface area contributed by atoms with Crippen LogP contribution in [0.2, 0.25) is 0 Å². The number of rotatable bonds is 6. The van der Waals surface area contributed by atoms with Gasteiger partial charge in [-0.3, -0.25) is 9.59 Å². The molecule has 0 bridgehead atoms. The first kappa shape index (κ1) is 18.2. The lowest BCUT2D eigenvalue weighted by molar-refractivity contribution is -0.130. The van der Waals surface area contributed by atoms with Gasteiger partial charge in [-0.25, -0.2) is 4.79 Å². The third-order valence-corrected chi connectivity index (χ3v) is 3.53. The van der Waals surface area contributed by atoms with E-state index in [4.69, 9.17) is 4.74 Å². The van der Waals surface area contributed by atoms with Gasteiger partial charge in [0.15, 0.2) is 5.78 Å². The summed E-state index contributed by atoms with van der Waals surface area (Å²) in [5.74, 6) is -0.109. The lowest BCUT2D eigenvalue weighted by Gasteiger charge is -2.21. The van der Waals surface area contributed by atoms with Crippen molar-refractivity contribution in [3.63, 3.8) is 0 Å². The largest absolute Gasteiger partial charge is 0.415 e. The summed E-state index contributed by atoms with van der Waals surface area (Å²) in [5, 5.41) is 0. The van der Waals surface area contributed by atoms with Crippen LogP contribution in [0.4, 0.5) is 4.79 Å². The van der Waals surface area contributed by atoms with E-state index in [1.54, 1.807) is 48.5 Å². The van der Waals surface area contributed by atoms with Crippen LogP contribution in [0, 0.1) is 0 Å². The highest BCUT2D eigenvalue weighted by Crippen LogP contribution is 2.10. The normalized spacial score (nSPS) is 10.0. The number of hydrogen-bond acceptors (Lipinski definition) is 4. The zero-order valence-electron chi connectivity index (χ0n) is 14.2. The van der Waals surface area contributed by atoms with Crippen LogP contribution < -0.4 is 4.74 Å². The molecule has 0 spiro atoms. The highest BCUT2D eigenvalue weighted by atomic mass is 16.6. The van der Waals surface area contributed by atoms with E-state index in [1.165, 1.54) is 23.9 Å². The van der Waals surface area contributed by atoms with Crippen molar-refractivity contribution in [2.24, 2.45) is 0 Å². The molecular formula is C19H20N2O4. The van der Waals surface area contributed by atoms with E-state index < -0.39 is 6.09 Å². The summed E-state index contributed by atoms with van der Waals surface area (Å²) in [4.78, 5) is 38.8. The second-order valence-electron chi connectivity index (χ2n) is 5.58. The Kier molecular flexibility index (Phi) is 6.28. The molecular weight excluding hydrogens is 320 g/mol. The highest BCUT2D eigenvalue weighted by Gasteiger charge is 2.19. The second-order valence-corrected chi connectivity index (χ2v) is 5.58. The molecule has 0 aliphatic carbocycles. The smallest absolute Gasteiger partial charge is 0.410 e. The summed E-state index contributed by atoms with van der Waals surface area (Å²) < 4.78 is 5.16. The summed E-state index contributed by atoms with van der Waals surface area (Å²) in [6.07, 6.45) is -0.637. The Balaban J connectivity index is 1.85. The number of nitrogens with zero attached hydrogens (tertiary/aromatic N) is 2. The number of hydrogen-bond donors (Lipinski definition) is 0. The van der Waals surface area contributed by atoms with E-state index in [-0.39, 0.29) is 24.8 Å². The maximum Gasteiger partial charge on any atom is 0.415 e. The molecule has 0 aromatic heterocycles. The molecule has 0 aliphatic rings. The number of benzene rings is 2. The van der Waals surface area contributed by atoms with Gasteiger partial charge in [-0.15, -0.1) is 0 Å². The molecule has 0 heterocycles. The number of para-hydroxylation sites is 1. The number of Topliss-reactive ketones (excluding diaryl/α,β-unsaturated/α-hetero) is 1. The first-order chi connectivity index (χ1) is 12.0. The fourth-order valence-electron chi connectivity index (χ4n) is 2.07. The van der Waals surface area contributed by atoms with Crippen molar-refractivity contribution >= 4 is 17.8 Å². The molecule has 2 amide bonds. The van der Waals surface area contributed by atoms with Crippen LogP contribution in [0.25, 0.3) is 0 Å². The molecule has 0 N–H and O–H groups in total. The first-order valence-corrected chi connectivity index (χ1v) is 7.77. The van der Waals surface area contributed by atoms with Crippen molar-refractivity contribution in [1.82, 2.24) is 9.80 Å². The Morgan fingerprint density at radius 3 is 1.96 bits per heavy atom. The molecule has 25 heavy (non-hydrogen) atoms.